The van der Waals surface area contributed by atoms with Gasteiger partial charge < -0.3 is 15.4 Å². The molecule has 3 rings (SSSR count). The third kappa shape index (κ3) is 5.38. The first-order valence-corrected chi connectivity index (χ1v) is 8.88. The van der Waals surface area contributed by atoms with Gasteiger partial charge in [0.2, 0.25) is 5.91 Å². The zero-order valence-corrected chi connectivity index (χ0v) is 15.2. The summed E-state index contributed by atoms with van der Waals surface area (Å²) < 4.78 is 5.23. The van der Waals surface area contributed by atoms with E-state index in [-0.39, 0.29) is 18.3 Å². The van der Waals surface area contributed by atoms with E-state index in [9.17, 15) is 4.79 Å². The van der Waals surface area contributed by atoms with Gasteiger partial charge in [-0.1, -0.05) is 12.1 Å². The summed E-state index contributed by atoms with van der Waals surface area (Å²) in [4.78, 5) is 12.1. The molecule has 2 saturated heterocycles. The van der Waals surface area contributed by atoms with Gasteiger partial charge in [0.1, 0.15) is 5.75 Å². The lowest BCUT2D eigenvalue weighted by Crippen LogP contribution is -2.39. The predicted molar refractivity (Wildman–Crippen MR) is 98.9 cm³/mol. The molecule has 1 aromatic rings. The fourth-order valence-electron chi connectivity index (χ4n) is 4.02. The van der Waals surface area contributed by atoms with E-state index in [1.807, 2.05) is 12.1 Å². The summed E-state index contributed by atoms with van der Waals surface area (Å²) >= 11 is 0. The average Bonchev–Trinajstić information content (AvgIpc) is 2.90. The lowest BCUT2D eigenvalue weighted by molar-refractivity contribution is -0.122. The smallest absolute Gasteiger partial charge is 0.220 e. The fourth-order valence-corrected chi connectivity index (χ4v) is 4.02. The molecule has 0 aromatic heterocycles. The number of aryl methyl sites for hydroxylation is 1. The van der Waals surface area contributed by atoms with Gasteiger partial charge in [-0.15, -0.1) is 12.4 Å². The van der Waals surface area contributed by atoms with E-state index in [2.05, 4.69) is 22.8 Å². The first kappa shape index (κ1) is 19.1. The van der Waals surface area contributed by atoms with Crippen molar-refractivity contribution in [2.75, 3.05) is 13.7 Å². The molecule has 2 atom stereocenters. The molecular formula is C19H29ClN2O2. The van der Waals surface area contributed by atoms with Crippen LogP contribution in [-0.2, 0) is 11.2 Å². The summed E-state index contributed by atoms with van der Waals surface area (Å²) in [6.07, 6.45) is 7.58. The fraction of sp³-hybridized carbons (Fsp3) is 0.632. The molecule has 2 bridgehead atoms. The number of halogens is 1. The molecule has 0 radical (unpaired) electrons. The van der Waals surface area contributed by atoms with Gasteiger partial charge in [0, 0.05) is 25.0 Å². The Labute approximate surface area is 151 Å². The first-order chi connectivity index (χ1) is 11.2. The summed E-state index contributed by atoms with van der Waals surface area (Å²) in [6.45, 7) is 0.758. The summed E-state index contributed by atoms with van der Waals surface area (Å²) in [6, 6.07) is 9.47. The topological polar surface area (TPSA) is 50.4 Å². The van der Waals surface area contributed by atoms with Crippen molar-refractivity contribution in [1.82, 2.24) is 10.6 Å². The SMILES string of the molecule is COc1cccc(CCCNC(=O)CC2CC3CCC(C2)N3)c1.Cl. The normalized spacial score (nSPS) is 25.0. The largest absolute Gasteiger partial charge is 0.497 e. The molecule has 2 fully saturated rings. The zero-order valence-electron chi connectivity index (χ0n) is 14.4. The zero-order chi connectivity index (χ0) is 16.1. The van der Waals surface area contributed by atoms with Crippen LogP contribution in [0.25, 0.3) is 0 Å². The third-order valence-electron chi connectivity index (χ3n) is 5.14. The maximum Gasteiger partial charge on any atom is 0.220 e. The lowest BCUT2D eigenvalue weighted by atomic mass is 9.89. The molecule has 2 aliphatic heterocycles. The van der Waals surface area contributed by atoms with Gasteiger partial charge in [-0.25, -0.2) is 0 Å². The number of nitrogens with one attached hydrogen (secondary N) is 2. The van der Waals surface area contributed by atoms with Gasteiger partial charge in [-0.2, -0.15) is 0 Å². The molecule has 2 heterocycles. The van der Waals surface area contributed by atoms with Crippen LogP contribution in [0, 0.1) is 5.92 Å². The molecule has 1 amide bonds. The molecule has 0 spiro atoms. The van der Waals surface area contributed by atoms with Crippen molar-refractivity contribution in [2.45, 2.75) is 57.0 Å². The van der Waals surface area contributed by atoms with E-state index < -0.39 is 0 Å². The number of carbonyl (C=O) groups is 1. The van der Waals surface area contributed by atoms with Crippen LogP contribution in [0.2, 0.25) is 0 Å². The summed E-state index contributed by atoms with van der Waals surface area (Å²) in [5, 5.41) is 6.72. The molecule has 1 aromatic carbocycles. The molecular weight excluding hydrogens is 324 g/mol. The predicted octanol–water partition coefficient (Wildman–Crippen LogP) is 3.09. The molecule has 134 valence electrons. The highest BCUT2D eigenvalue weighted by Gasteiger charge is 2.33. The summed E-state index contributed by atoms with van der Waals surface area (Å²) in [5.74, 6) is 1.70. The van der Waals surface area contributed by atoms with Crippen molar-refractivity contribution in [3.8, 4) is 5.75 Å². The van der Waals surface area contributed by atoms with Crippen LogP contribution in [0.5, 0.6) is 5.75 Å². The highest BCUT2D eigenvalue weighted by atomic mass is 35.5. The Morgan fingerprint density at radius 2 is 2.04 bits per heavy atom. The minimum Gasteiger partial charge on any atom is -0.497 e. The number of methoxy groups -OCH3 is 1. The number of ether oxygens (including phenoxy) is 1. The second-order valence-electron chi connectivity index (χ2n) is 6.98. The Morgan fingerprint density at radius 1 is 1.29 bits per heavy atom. The van der Waals surface area contributed by atoms with E-state index in [0.29, 0.717) is 24.4 Å². The Morgan fingerprint density at radius 3 is 2.75 bits per heavy atom. The highest BCUT2D eigenvalue weighted by Crippen LogP contribution is 2.32. The van der Waals surface area contributed by atoms with Gasteiger partial charge in [0.15, 0.2) is 0 Å². The minimum absolute atomic E-state index is 0. The van der Waals surface area contributed by atoms with Crippen LogP contribution in [0.1, 0.15) is 44.1 Å². The van der Waals surface area contributed by atoms with E-state index in [4.69, 9.17) is 4.74 Å². The van der Waals surface area contributed by atoms with Gasteiger partial charge in [-0.3, -0.25) is 4.79 Å². The maximum atomic E-state index is 12.1. The number of carbonyl (C=O) groups excluding carboxylic acids is 1. The van der Waals surface area contributed by atoms with Crippen molar-refractivity contribution >= 4 is 18.3 Å². The summed E-state index contributed by atoms with van der Waals surface area (Å²) in [7, 11) is 1.69. The number of hydrogen-bond donors (Lipinski definition) is 2. The molecule has 4 nitrogen and oxygen atoms in total. The monoisotopic (exact) mass is 352 g/mol. The van der Waals surface area contributed by atoms with Gasteiger partial charge in [0.05, 0.1) is 7.11 Å². The Kier molecular flexibility index (Phi) is 7.38. The van der Waals surface area contributed by atoms with Crippen LogP contribution in [0.15, 0.2) is 24.3 Å². The van der Waals surface area contributed by atoms with E-state index in [1.54, 1.807) is 7.11 Å². The van der Waals surface area contributed by atoms with Crippen molar-refractivity contribution in [1.29, 1.82) is 0 Å². The number of amides is 1. The van der Waals surface area contributed by atoms with Crippen LogP contribution < -0.4 is 15.4 Å². The van der Waals surface area contributed by atoms with Crippen molar-refractivity contribution in [2.24, 2.45) is 5.92 Å². The second-order valence-corrected chi connectivity index (χ2v) is 6.98. The molecule has 24 heavy (non-hydrogen) atoms. The first-order valence-electron chi connectivity index (χ1n) is 8.88. The van der Waals surface area contributed by atoms with Gasteiger partial charge in [-0.05, 0) is 62.1 Å². The third-order valence-corrected chi connectivity index (χ3v) is 5.14. The summed E-state index contributed by atoms with van der Waals surface area (Å²) in [5.41, 5.74) is 1.26. The van der Waals surface area contributed by atoms with Crippen LogP contribution in [-0.4, -0.2) is 31.6 Å². The number of hydrogen-bond acceptors (Lipinski definition) is 3. The van der Waals surface area contributed by atoms with E-state index in [0.717, 1.165) is 25.1 Å². The molecule has 5 heteroatoms. The number of benzene rings is 1. The van der Waals surface area contributed by atoms with Gasteiger partial charge in [0.25, 0.3) is 0 Å². The van der Waals surface area contributed by atoms with Crippen molar-refractivity contribution in [3.05, 3.63) is 29.8 Å². The van der Waals surface area contributed by atoms with Crippen LogP contribution >= 0.6 is 12.4 Å². The number of rotatable bonds is 7. The Balaban J connectivity index is 0.00000208. The molecule has 2 unspecified atom stereocenters. The van der Waals surface area contributed by atoms with E-state index >= 15 is 0 Å². The Bertz CT molecular complexity index is 526. The molecule has 2 aliphatic rings. The highest BCUT2D eigenvalue weighted by molar-refractivity contribution is 5.85. The molecule has 0 aliphatic carbocycles. The number of piperidine rings is 1. The lowest BCUT2D eigenvalue weighted by Gasteiger charge is -2.28. The van der Waals surface area contributed by atoms with Gasteiger partial charge >= 0.3 is 0 Å². The quantitative estimate of drug-likeness (QED) is 0.741. The minimum atomic E-state index is 0. The van der Waals surface area contributed by atoms with Crippen LogP contribution in [0.3, 0.4) is 0 Å². The second kappa shape index (κ2) is 9.28. The number of fused-ring (bicyclic) bond motifs is 2. The van der Waals surface area contributed by atoms with E-state index in [1.165, 1.54) is 31.2 Å². The maximum absolute atomic E-state index is 12.1. The van der Waals surface area contributed by atoms with Crippen molar-refractivity contribution < 1.29 is 9.53 Å². The Hall–Kier alpha value is -1.26. The standard InChI is InChI=1S/C19H28N2O2.ClH/c1-23-18-6-2-4-14(12-18)5-3-9-20-19(22)13-15-10-16-7-8-17(11-15)21-16;/h2,4,6,12,15-17,21H,3,5,7-11,13H2,1H3,(H,20,22);1H. The average molecular weight is 353 g/mol. The molecule has 0 saturated carbocycles. The van der Waals surface area contributed by atoms with Crippen molar-refractivity contribution in [3.63, 3.8) is 0 Å². The molecule has 2 N–H and O–H groups in total. The van der Waals surface area contributed by atoms with Crippen LogP contribution in [0.4, 0.5) is 0 Å².